The van der Waals surface area contributed by atoms with Crippen molar-refractivity contribution < 1.29 is 9.13 Å². The molecule has 0 aromatic carbocycles. The summed E-state index contributed by atoms with van der Waals surface area (Å²) in [5.41, 5.74) is 13.8. The largest absolute Gasteiger partial charge is 0.479 e. The molecule has 3 rings (SSSR count). The quantitative estimate of drug-likeness (QED) is 0.130. The van der Waals surface area contributed by atoms with E-state index in [-0.39, 0.29) is 22.5 Å². The predicted octanol–water partition coefficient (Wildman–Crippen LogP) is 7.63. The number of hydrogen-bond donors (Lipinski definition) is 1. The van der Waals surface area contributed by atoms with Gasteiger partial charge < -0.3 is 10.5 Å². The van der Waals surface area contributed by atoms with Crippen LogP contribution in [-0.4, -0.2) is 48.9 Å². The molecule has 1 unspecified atom stereocenters. The van der Waals surface area contributed by atoms with E-state index in [1.807, 2.05) is 12.2 Å². The number of ether oxygens (including phenoxy) is 1. The SMILES string of the molecule is C=C1CN2CC(=C)CC2(COC(C)=N/C(CF)=C(/C=NC(=C)C(=C)/C=C\C=C2\C=CCC(C)=C(C)C2C)C(=C)N)C1. The molecule has 41 heavy (non-hydrogen) atoms. The van der Waals surface area contributed by atoms with E-state index in [9.17, 15) is 4.39 Å². The first-order valence-corrected chi connectivity index (χ1v) is 14.0. The lowest BCUT2D eigenvalue weighted by Crippen LogP contribution is -2.42. The maximum atomic E-state index is 14.1. The van der Waals surface area contributed by atoms with Crippen LogP contribution in [0.4, 0.5) is 4.39 Å². The van der Waals surface area contributed by atoms with Crippen LogP contribution < -0.4 is 5.73 Å². The second-order valence-corrected chi connectivity index (χ2v) is 11.4. The van der Waals surface area contributed by atoms with Crippen molar-refractivity contribution in [3.63, 3.8) is 0 Å². The van der Waals surface area contributed by atoms with Crippen LogP contribution in [0.5, 0.6) is 0 Å². The maximum Gasteiger partial charge on any atom is 0.184 e. The van der Waals surface area contributed by atoms with Gasteiger partial charge in [-0.15, -0.1) is 0 Å². The van der Waals surface area contributed by atoms with Crippen LogP contribution >= 0.6 is 0 Å². The Kier molecular flexibility index (Phi) is 10.6. The van der Waals surface area contributed by atoms with Gasteiger partial charge in [-0.3, -0.25) is 9.89 Å². The Morgan fingerprint density at radius 2 is 1.85 bits per heavy atom. The first-order chi connectivity index (χ1) is 19.4. The van der Waals surface area contributed by atoms with Gasteiger partial charge in [-0.05, 0) is 44.3 Å². The molecule has 3 aliphatic rings. The van der Waals surface area contributed by atoms with Crippen molar-refractivity contribution in [2.24, 2.45) is 21.6 Å². The lowest BCUT2D eigenvalue weighted by atomic mass is 9.91. The Hall–Kier alpha value is -3.77. The van der Waals surface area contributed by atoms with Gasteiger partial charge in [-0.1, -0.05) is 92.5 Å². The molecule has 2 aliphatic heterocycles. The highest BCUT2D eigenvalue weighted by Crippen LogP contribution is 2.42. The summed E-state index contributed by atoms with van der Waals surface area (Å²) < 4.78 is 20.2. The van der Waals surface area contributed by atoms with Crippen molar-refractivity contribution in [2.45, 2.75) is 52.5 Å². The maximum absolute atomic E-state index is 14.1. The molecule has 0 spiro atoms. The number of rotatable bonds is 10. The van der Waals surface area contributed by atoms with Crippen molar-refractivity contribution in [2.75, 3.05) is 26.4 Å². The first kappa shape index (κ1) is 31.8. The highest BCUT2D eigenvalue weighted by atomic mass is 19.1. The van der Waals surface area contributed by atoms with Gasteiger partial charge in [-0.25, -0.2) is 9.38 Å². The molecule has 2 saturated heterocycles. The molecule has 2 heterocycles. The van der Waals surface area contributed by atoms with Crippen LogP contribution in [0.15, 0.2) is 129 Å². The van der Waals surface area contributed by atoms with Crippen molar-refractivity contribution in [1.29, 1.82) is 0 Å². The van der Waals surface area contributed by atoms with Gasteiger partial charge >= 0.3 is 0 Å². The second kappa shape index (κ2) is 13.7. The number of halogens is 1. The fourth-order valence-corrected chi connectivity index (χ4v) is 5.51. The Balaban J connectivity index is 1.70. The summed E-state index contributed by atoms with van der Waals surface area (Å²) in [5, 5.41) is 0. The minimum atomic E-state index is -0.858. The zero-order chi connectivity index (χ0) is 30.3. The minimum absolute atomic E-state index is 0.0892. The Morgan fingerprint density at radius 1 is 1.20 bits per heavy atom. The van der Waals surface area contributed by atoms with Gasteiger partial charge in [0.2, 0.25) is 0 Å². The average Bonchev–Trinajstić information content (AvgIpc) is 3.34. The molecule has 0 saturated carbocycles. The molecule has 0 radical (unpaired) electrons. The van der Waals surface area contributed by atoms with Crippen LogP contribution in [-0.2, 0) is 4.74 Å². The van der Waals surface area contributed by atoms with E-state index in [0.29, 0.717) is 29.7 Å². The molecule has 0 bridgehead atoms. The average molecular weight is 557 g/mol. The third-order valence-corrected chi connectivity index (χ3v) is 8.15. The fourth-order valence-electron chi connectivity index (χ4n) is 5.51. The van der Waals surface area contributed by atoms with Gasteiger partial charge in [0.25, 0.3) is 0 Å². The van der Waals surface area contributed by atoms with Crippen molar-refractivity contribution >= 4 is 12.1 Å². The van der Waals surface area contributed by atoms with E-state index in [4.69, 9.17) is 10.5 Å². The summed E-state index contributed by atoms with van der Waals surface area (Å²) in [4.78, 5) is 11.1. The fraction of sp³-hybridized carbons (Fsp3) is 0.371. The van der Waals surface area contributed by atoms with E-state index in [0.717, 1.165) is 32.4 Å². The minimum Gasteiger partial charge on any atom is -0.479 e. The van der Waals surface area contributed by atoms with Crippen molar-refractivity contribution in [3.8, 4) is 0 Å². The molecule has 1 atom stereocenters. The smallest absolute Gasteiger partial charge is 0.184 e. The Bertz CT molecular complexity index is 1330. The standard InChI is InChI=1S/C35H45FN4O/c1-23-16-35(17-24(2)21-40(35)20-23)22-41-31(9)39-34(18-36)33(29(7)37)19-38-30(8)26(4)13-11-15-32-14-10-12-25(3)27(5)28(32)6/h10-11,13-15,19,28H,1-2,4,7-8,12,16-18,20-22,37H2,3,5-6,9H3/b13-11-,32-15-,34-33-,38-19?,39-31?. The summed E-state index contributed by atoms with van der Waals surface area (Å²) in [7, 11) is 0. The first-order valence-electron chi connectivity index (χ1n) is 14.0. The molecular formula is C35H45FN4O. The molecule has 0 amide bonds. The number of allylic oxidation sites excluding steroid dienone is 10. The number of hydrogen-bond acceptors (Lipinski definition) is 5. The molecule has 0 aromatic heterocycles. The topological polar surface area (TPSA) is 63.2 Å². The van der Waals surface area contributed by atoms with Gasteiger partial charge in [0.1, 0.15) is 13.3 Å². The van der Waals surface area contributed by atoms with Crippen molar-refractivity contribution in [3.05, 3.63) is 119 Å². The molecule has 2 N–H and O–H groups in total. The van der Waals surface area contributed by atoms with Crippen LogP contribution in [0.3, 0.4) is 0 Å². The zero-order valence-corrected chi connectivity index (χ0v) is 25.2. The lowest BCUT2D eigenvalue weighted by Gasteiger charge is -2.30. The highest BCUT2D eigenvalue weighted by molar-refractivity contribution is 5.87. The summed E-state index contributed by atoms with van der Waals surface area (Å²) in [6.07, 6.45) is 14.4. The number of alkyl halides is 1. The van der Waals surface area contributed by atoms with E-state index < -0.39 is 6.67 Å². The van der Waals surface area contributed by atoms with Gasteiger partial charge in [-0.2, -0.15) is 0 Å². The van der Waals surface area contributed by atoms with E-state index in [2.05, 4.69) is 86.8 Å². The molecule has 218 valence electrons. The molecule has 5 nitrogen and oxygen atoms in total. The monoisotopic (exact) mass is 556 g/mol. The van der Waals surface area contributed by atoms with Crippen LogP contribution in [0.1, 0.15) is 47.0 Å². The Morgan fingerprint density at radius 3 is 2.46 bits per heavy atom. The van der Waals surface area contributed by atoms with Crippen LogP contribution in [0.25, 0.3) is 0 Å². The van der Waals surface area contributed by atoms with Crippen LogP contribution in [0, 0.1) is 5.92 Å². The van der Waals surface area contributed by atoms with Gasteiger partial charge in [0, 0.05) is 43.4 Å². The number of aliphatic imine (C=N–C) groups is 2. The van der Waals surface area contributed by atoms with E-state index >= 15 is 0 Å². The third-order valence-electron chi connectivity index (χ3n) is 8.15. The number of fused-ring (bicyclic) bond motifs is 1. The molecule has 0 aromatic rings. The third kappa shape index (κ3) is 7.92. The second-order valence-electron chi connectivity index (χ2n) is 11.4. The van der Waals surface area contributed by atoms with Crippen LogP contribution in [0.2, 0.25) is 0 Å². The Labute approximate surface area is 245 Å². The number of nitrogens with zero attached hydrogens (tertiary/aromatic N) is 3. The number of nitrogens with two attached hydrogens (primary N) is 1. The predicted molar refractivity (Wildman–Crippen MR) is 172 cm³/mol. The molecule has 1 aliphatic carbocycles. The summed E-state index contributed by atoms with van der Waals surface area (Å²) >= 11 is 0. The summed E-state index contributed by atoms with van der Waals surface area (Å²) in [6, 6.07) is 0. The summed E-state index contributed by atoms with van der Waals surface area (Å²) in [6.45, 7) is 29.7. The summed E-state index contributed by atoms with van der Waals surface area (Å²) in [5.74, 6) is 0.688. The van der Waals surface area contributed by atoms with E-state index in [1.54, 1.807) is 6.92 Å². The normalized spacial score (nSPS) is 23.0. The van der Waals surface area contributed by atoms with Crippen molar-refractivity contribution in [1.82, 2.24) is 4.90 Å². The van der Waals surface area contributed by atoms with E-state index in [1.165, 1.54) is 34.1 Å². The molecular weight excluding hydrogens is 511 g/mol. The zero-order valence-electron chi connectivity index (χ0n) is 25.2. The lowest BCUT2D eigenvalue weighted by molar-refractivity contribution is 0.106. The van der Waals surface area contributed by atoms with Gasteiger partial charge in [0.15, 0.2) is 5.90 Å². The molecule has 2 fully saturated rings. The molecule has 6 heteroatoms. The highest BCUT2D eigenvalue weighted by Gasteiger charge is 2.47. The van der Waals surface area contributed by atoms with Gasteiger partial charge in [0.05, 0.1) is 16.9 Å².